The molecule has 1 N–H and O–H groups in total. The average molecular weight is 463 g/mol. The lowest BCUT2D eigenvalue weighted by Gasteiger charge is -2.39. The molecule has 0 unspecified atom stereocenters. The van der Waals surface area contributed by atoms with Crippen molar-refractivity contribution in [2.24, 2.45) is 0 Å². The highest BCUT2D eigenvalue weighted by atomic mass is 16.1. The molecule has 2 aromatic heterocycles. The number of rotatable bonds is 7. The summed E-state index contributed by atoms with van der Waals surface area (Å²) < 4.78 is 2.11. The molecule has 0 aliphatic heterocycles. The van der Waals surface area contributed by atoms with Gasteiger partial charge < -0.3 is 4.98 Å². The highest BCUT2D eigenvalue weighted by molar-refractivity contribution is 5.83. The molecule has 0 bridgehead atoms. The number of hydrogen-bond donors (Lipinski definition) is 1. The second-order valence-corrected chi connectivity index (χ2v) is 10.5. The van der Waals surface area contributed by atoms with Crippen molar-refractivity contribution in [3.63, 3.8) is 0 Å². The summed E-state index contributed by atoms with van der Waals surface area (Å²) in [5.41, 5.74) is 4.15. The van der Waals surface area contributed by atoms with Crippen molar-refractivity contribution in [1.82, 2.24) is 30.1 Å². The van der Waals surface area contributed by atoms with Gasteiger partial charge in [0, 0.05) is 29.1 Å². The first-order valence-electron chi connectivity index (χ1n) is 13.2. The number of tetrazole rings is 1. The molecule has 0 radical (unpaired) electrons. The molecule has 0 amide bonds. The number of aryl methyl sites for hydroxylation is 2. The fourth-order valence-corrected chi connectivity index (χ4v) is 6.33. The van der Waals surface area contributed by atoms with E-state index in [1.54, 1.807) is 0 Å². The number of pyridine rings is 1. The zero-order valence-corrected chi connectivity index (χ0v) is 20.9. The molecule has 1 atom stereocenters. The molecule has 0 spiro atoms. The minimum Gasteiger partial charge on any atom is -0.322 e. The Morgan fingerprint density at radius 1 is 1.06 bits per heavy atom. The highest BCUT2D eigenvalue weighted by Gasteiger charge is 2.33. The summed E-state index contributed by atoms with van der Waals surface area (Å²) in [5.74, 6) is 0.976. The van der Waals surface area contributed by atoms with E-state index in [9.17, 15) is 4.79 Å². The van der Waals surface area contributed by atoms with Crippen LogP contribution in [-0.2, 0) is 6.54 Å². The van der Waals surface area contributed by atoms with E-state index in [4.69, 9.17) is 0 Å². The summed E-state index contributed by atoms with van der Waals surface area (Å²) >= 11 is 0. The first kappa shape index (κ1) is 23.2. The Labute approximate surface area is 201 Å². The number of aromatic amines is 1. The summed E-state index contributed by atoms with van der Waals surface area (Å²) in [6.45, 7) is 7.05. The maximum absolute atomic E-state index is 13.2. The van der Waals surface area contributed by atoms with Gasteiger partial charge in [-0.25, -0.2) is 4.68 Å². The largest absolute Gasteiger partial charge is 0.322 e. The van der Waals surface area contributed by atoms with Crippen LogP contribution in [0.2, 0.25) is 0 Å². The van der Waals surface area contributed by atoms with Crippen LogP contribution in [0.1, 0.15) is 106 Å². The summed E-state index contributed by atoms with van der Waals surface area (Å²) in [6, 6.07) is 7.33. The SMILES string of the molecule is CC[C@H](c1nnnn1C1CCCC1)N(Cc1cc2c(C)cc(C)cc2[nH]c1=O)C1CCCCC1. The van der Waals surface area contributed by atoms with E-state index in [0.717, 1.165) is 41.6 Å². The summed E-state index contributed by atoms with van der Waals surface area (Å²) in [5, 5.41) is 14.2. The van der Waals surface area contributed by atoms with Crippen LogP contribution in [0.5, 0.6) is 0 Å². The quantitative estimate of drug-likeness (QED) is 0.499. The molecule has 2 aliphatic carbocycles. The van der Waals surface area contributed by atoms with E-state index < -0.39 is 0 Å². The van der Waals surface area contributed by atoms with E-state index in [1.165, 1.54) is 56.1 Å². The van der Waals surface area contributed by atoms with Crippen LogP contribution in [0, 0.1) is 13.8 Å². The zero-order valence-electron chi connectivity index (χ0n) is 20.9. The number of nitrogens with zero attached hydrogens (tertiary/aromatic N) is 5. The van der Waals surface area contributed by atoms with Crippen LogP contribution in [-0.4, -0.2) is 36.1 Å². The van der Waals surface area contributed by atoms with Gasteiger partial charge in [-0.05, 0) is 79.6 Å². The van der Waals surface area contributed by atoms with Gasteiger partial charge in [0.15, 0.2) is 5.82 Å². The molecular weight excluding hydrogens is 424 g/mol. The van der Waals surface area contributed by atoms with Crippen LogP contribution in [0.15, 0.2) is 23.0 Å². The van der Waals surface area contributed by atoms with E-state index in [-0.39, 0.29) is 11.6 Å². The van der Waals surface area contributed by atoms with Crippen molar-refractivity contribution in [2.45, 2.75) is 110 Å². The third-order valence-corrected chi connectivity index (χ3v) is 8.06. The van der Waals surface area contributed by atoms with E-state index in [1.807, 2.05) is 0 Å². The van der Waals surface area contributed by atoms with Crippen molar-refractivity contribution in [3.05, 3.63) is 51.1 Å². The lowest BCUT2D eigenvalue weighted by atomic mass is 9.92. The number of benzene rings is 1. The Balaban J connectivity index is 1.54. The van der Waals surface area contributed by atoms with Crippen LogP contribution >= 0.6 is 0 Å². The number of fused-ring (bicyclic) bond motifs is 1. The van der Waals surface area contributed by atoms with Gasteiger partial charge in [-0.3, -0.25) is 9.69 Å². The standard InChI is InChI=1S/C27H38N6O/c1-4-25(26-29-30-31-33(26)22-12-8-9-13-22)32(21-10-6-5-7-11-21)17-20-16-23-19(3)14-18(2)15-24(23)28-27(20)34/h14-16,21-22,25H,4-13,17H2,1-3H3,(H,28,34)/t25-/m1/s1. The van der Waals surface area contributed by atoms with E-state index >= 15 is 0 Å². The Kier molecular flexibility index (Phi) is 6.82. The highest BCUT2D eigenvalue weighted by Crippen LogP contribution is 2.36. The topological polar surface area (TPSA) is 79.7 Å². The van der Waals surface area contributed by atoms with Gasteiger partial charge in [-0.1, -0.05) is 45.1 Å². The second kappa shape index (κ2) is 9.98. The maximum Gasteiger partial charge on any atom is 0.252 e. The van der Waals surface area contributed by atoms with Crippen molar-refractivity contribution >= 4 is 10.9 Å². The van der Waals surface area contributed by atoms with Crippen LogP contribution in [0.4, 0.5) is 0 Å². The Morgan fingerprint density at radius 3 is 2.53 bits per heavy atom. The second-order valence-electron chi connectivity index (χ2n) is 10.5. The molecule has 34 heavy (non-hydrogen) atoms. The lowest BCUT2D eigenvalue weighted by molar-refractivity contribution is 0.0830. The molecule has 2 aliphatic rings. The van der Waals surface area contributed by atoms with Gasteiger partial charge in [-0.2, -0.15) is 0 Å². The molecule has 0 saturated heterocycles. The molecule has 1 aromatic carbocycles. The van der Waals surface area contributed by atoms with Crippen LogP contribution in [0.25, 0.3) is 10.9 Å². The van der Waals surface area contributed by atoms with Crippen molar-refractivity contribution in [1.29, 1.82) is 0 Å². The average Bonchev–Trinajstić information content (AvgIpc) is 3.52. The third-order valence-electron chi connectivity index (χ3n) is 8.06. The monoisotopic (exact) mass is 462 g/mol. The van der Waals surface area contributed by atoms with Crippen molar-refractivity contribution < 1.29 is 0 Å². The molecule has 2 fully saturated rings. The minimum atomic E-state index is 0.0172. The van der Waals surface area contributed by atoms with Crippen LogP contribution < -0.4 is 5.56 Å². The summed E-state index contributed by atoms with van der Waals surface area (Å²) in [6.07, 6.45) is 11.9. The first-order valence-corrected chi connectivity index (χ1v) is 13.2. The van der Waals surface area contributed by atoms with Gasteiger partial charge in [0.2, 0.25) is 0 Å². The van der Waals surface area contributed by atoms with Gasteiger partial charge >= 0.3 is 0 Å². The normalized spacial score (nSPS) is 18.8. The van der Waals surface area contributed by atoms with E-state index in [0.29, 0.717) is 18.6 Å². The zero-order chi connectivity index (χ0) is 23.7. The molecule has 2 saturated carbocycles. The van der Waals surface area contributed by atoms with Crippen LogP contribution in [0.3, 0.4) is 0 Å². The number of hydrogen-bond acceptors (Lipinski definition) is 5. The molecule has 5 rings (SSSR count). The number of H-pyrrole nitrogens is 1. The van der Waals surface area contributed by atoms with Gasteiger partial charge in [0.25, 0.3) is 5.56 Å². The summed E-state index contributed by atoms with van der Waals surface area (Å²) in [7, 11) is 0. The Morgan fingerprint density at radius 2 is 1.79 bits per heavy atom. The summed E-state index contributed by atoms with van der Waals surface area (Å²) in [4.78, 5) is 18.9. The Bertz CT molecular complexity index is 1190. The Hall–Kier alpha value is -2.54. The first-order chi connectivity index (χ1) is 16.5. The fourth-order valence-electron chi connectivity index (χ4n) is 6.33. The fraction of sp³-hybridized carbons (Fsp3) is 0.630. The lowest BCUT2D eigenvalue weighted by Crippen LogP contribution is -2.41. The molecule has 7 heteroatoms. The predicted octanol–water partition coefficient (Wildman–Crippen LogP) is 5.53. The molecule has 7 nitrogen and oxygen atoms in total. The molecule has 3 aromatic rings. The van der Waals surface area contributed by atoms with E-state index in [2.05, 4.69) is 69.1 Å². The van der Waals surface area contributed by atoms with Gasteiger partial charge in [0.1, 0.15) is 0 Å². The van der Waals surface area contributed by atoms with Crippen molar-refractivity contribution in [2.75, 3.05) is 0 Å². The van der Waals surface area contributed by atoms with Crippen molar-refractivity contribution in [3.8, 4) is 0 Å². The number of aromatic nitrogens is 5. The van der Waals surface area contributed by atoms with Gasteiger partial charge in [0.05, 0.1) is 12.1 Å². The third kappa shape index (κ3) is 4.54. The molecule has 182 valence electrons. The maximum atomic E-state index is 13.2. The number of nitrogens with one attached hydrogen (secondary N) is 1. The molecule has 2 heterocycles. The molecular formula is C27H38N6O. The predicted molar refractivity (Wildman–Crippen MR) is 135 cm³/mol. The van der Waals surface area contributed by atoms with Gasteiger partial charge in [-0.15, -0.1) is 5.10 Å². The minimum absolute atomic E-state index is 0.0172. The smallest absolute Gasteiger partial charge is 0.252 e.